The average molecular weight is 719 g/mol. The highest BCUT2D eigenvalue weighted by molar-refractivity contribution is 7.87. The van der Waals surface area contributed by atoms with E-state index in [4.69, 9.17) is 9.17 Å². The monoisotopic (exact) mass is 718 g/mol. The number of nitrogens with zero attached hydrogens (tertiary/aromatic N) is 3. The minimum Gasteiger partial charge on any atom is -0.384 e. The van der Waals surface area contributed by atoms with Crippen LogP contribution in [0, 0.1) is 18.3 Å². The van der Waals surface area contributed by atoms with E-state index >= 15 is 0 Å². The van der Waals surface area contributed by atoms with Gasteiger partial charge in [0.2, 0.25) is 0 Å². The molecule has 2 aromatic carbocycles. The molecular weight excluding hydrogens is 669 g/mol. The smallest absolute Gasteiger partial charge is 0.339 e. The molecule has 0 amide bonds. The number of benzene rings is 2. The first-order valence-electron chi connectivity index (χ1n) is 19.4. The number of aryl methyl sites for hydroxylation is 1. The maximum Gasteiger partial charge on any atom is 0.339 e. The number of aromatic amines is 1. The maximum absolute atomic E-state index is 13.5. The zero-order valence-electron chi connectivity index (χ0n) is 30.1. The van der Waals surface area contributed by atoms with E-state index in [1.807, 2.05) is 31.3 Å². The fraction of sp³-hybridized carbons (Fsp3) is 0.465. The van der Waals surface area contributed by atoms with Crippen LogP contribution in [0.4, 0.5) is 0 Å². The average Bonchev–Trinajstić information content (AvgIpc) is 3.65. The van der Waals surface area contributed by atoms with Gasteiger partial charge in [-0.15, -0.1) is 0 Å². The van der Waals surface area contributed by atoms with Crippen LogP contribution in [0.3, 0.4) is 0 Å². The Balaban J connectivity index is 1.20. The molecule has 2 fully saturated rings. The molecule has 0 radical (unpaired) electrons. The van der Waals surface area contributed by atoms with E-state index in [1.54, 1.807) is 30.3 Å². The van der Waals surface area contributed by atoms with Gasteiger partial charge < -0.3 is 19.2 Å². The summed E-state index contributed by atoms with van der Waals surface area (Å²) in [5.41, 5.74) is 3.25. The van der Waals surface area contributed by atoms with Crippen LogP contribution in [0.1, 0.15) is 75.5 Å². The SMILES string of the molecule is Cc1ccc(S(=O)(=O)Oc2cccc3c2[nH]c2c(C4=CC5(O)CCC=CCCCCN6CCC4C4(CC7C=CCCCCN7C54)C6)nccc23)cc1. The molecule has 1 aliphatic carbocycles. The first kappa shape index (κ1) is 34.0. The van der Waals surface area contributed by atoms with Crippen LogP contribution < -0.4 is 4.18 Å². The zero-order valence-corrected chi connectivity index (χ0v) is 31.0. The van der Waals surface area contributed by atoms with Crippen molar-refractivity contribution in [3.05, 3.63) is 96.4 Å². The minimum atomic E-state index is -4.06. The summed E-state index contributed by atoms with van der Waals surface area (Å²) in [4.78, 5) is 14.2. The summed E-state index contributed by atoms with van der Waals surface area (Å²) in [7, 11) is -4.06. The lowest BCUT2D eigenvalue weighted by Gasteiger charge is -2.58. The van der Waals surface area contributed by atoms with Gasteiger partial charge in [0.25, 0.3) is 0 Å². The molecule has 6 heterocycles. The Morgan fingerprint density at radius 2 is 1.69 bits per heavy atom. The molecule has 2 saturated heterocycles. The summed E-state index contributed by atoms with van der Waals surface area (Å²) in [5, 5.41) is 15.1. The van der Waals surface area contributed by atoms with Gasteiger partial charge in [-0.1, -0.05) is 54.1 Å². The molecule has 4 aromatic rings. The number of para-hydroxylation sites is 1. The number of rotatable bonds is 4. The molecule has 0 saturated carbocycles. The highest BCUT2D eigenvalue weighted by atomic mass is 32.2. The number of hydrogen-bond acceptors (Lipinski definition) is 7. The van der Waals surface area contributed by atoms with Crippen molar-refractivity contribution in [2.45, 2.75) is 93.7 Å². The van der Waals surface area contributed by atoms with Crippen molar-refractivity contribution in [3.8, 4) is 5.75 Å². The second kappa shape index (κ2) is 13.3. The van der Waals surface area contributed by atoms with Crippen molar-refractivity contribution in [1.82, 2.24) is 19.8 Å². The number of H-pyrrole nitrogens is 1. The Labute approximate surface area is 307 Å². The van der Waals surface area contributed by atoms with Crippen molar-refractivity contribution >= 4 is 37.5 Å². The molecule has 6 unspecified atom stereocenters. The molecule has 272 valence electrons. The van der Waals surface area contributed by atoms with Crippen molar-refractivity contribution in [3.63, 3.8) is 0 Å². The number of fused-ring (bicyclic) bond motifs is 5. The van der Waals surface area contributed by atoms with Gasteiger partial charge in [0.05, 0.1) is 28.4 Å². The quantitative estimate of drug-likeness (QED) is 0.163. The van der Waals surface area contributed by atoms with E-state index in [0.717, 1.165) is 97.8 Å². The number of piperidine rings is 1. The van der Waals surface area contributed by atoms with Gasteiger partial charge in [-0.2, -0.15) is 8.42 Å². The van der Waals surface area contributed by atoms with E-state index in [0.29, 0.717) is 18.0 Å². The molecule has 9 heteroatoms. The second-order valence-electron chi connectivity index (χ2n) is 16.0. The summed E-state index contributed by atoms with van der Waals surface area (Å²) in [6, 6.07) is 14.6. The molecule has 2 N–H and O–H groups in total. The molecule has 3 bridgehead atoms. The third-order valence-corrected chi connectivity index (χ3v) is 14.0. The van der Waals surface area contributed by atoms with E-state index in [2.05, 4.69) is 45.2 Å². The fourth-order valence-electron chi connectivity index (χ4n) is 10.6. The lowest BCUT2D eigenvalue weighted by Crippen LogP contribution is -2.65. The van der Waals surface area contributed by atoms with Crippen molar-refractivity contribution < 1.29 is 17.7 Å². The lowest BCUT2D eigenvalue weighted by atomic mass is 9.54. The lowest BCUT2D eigenvalue weighted by molar-refractivity contribution is -0.0894. The van der Waals surface area contributed by atoms with Gasteiger partial charge in [0, 0.05) is 35.0 Å². The molecule has 4 aliphatic heterocycles. The normalized spacial score (nSPS) is 31.2. The fourth-order valence-corrected chi connectivity index (χ4v) is 11.5. The van der Waals surface area contributed by atoms with Crippen LogP contribution >= 0.6 is 0 Å². The van der Waals surface area contributed by atoms with Crippen LogP contribution in [-0.4, -0.2) is 77.2 Å². The molecular formula is C43H50N4O4S. The zero-order chi connectivity index (χ0) is 35.5. The molecule has 2 aromatic heterocycles. The van der Waals surface area contributed by atoms with E-state index in [-0.39, 0.29) is 28.0 Å². The van der Waals surface area contributed by atoms with Crippen LogP contribution in [0.5, 0.6) is 5.75 Å². The summed E-state index contributed by atoms with van der Waals surface area (Å²) >= 11 is 0. The molecule has 52 heavy (non-hydrogen) atoms. The Kier molecular flexibility index (Phi) is 8.69. The predicted molar refractivity (Wildman–Crippen MR) is 207 cm³/mol. The highest BCUT2D eigenvalue weighted by Crippen LogP contribution is 2.61. The van der Waals surface area contributed by atoms with Gasteiger partial charge >= 0.3 is 10.1 Å². The number of pyridine rings is 1. The van der Waals surface area contributed by atoms with Crippen molar-refractivity contribution in [1.29, 1.82) is 0 Å². The van der Waals surface area contributed by atoms with Gasteiger partial charge in [-0.05, 0) is 133 Å². The van der Waals surface area contributed by atoms with Crippen LogP contribution in [-0.2, 0) is 10.1 Å². The second-order valence-corrected chi connectivity index (χ2v) is 17.6. The minimum absolute atomic E-state index is 0.0207. The van der Waals surface area contributed by atoms with Crippen molar-refractivity contribution in [2.24, 2.45) is 11.3 Å². The summed E-state index contributed by atoms with van der Waals surface area (Å²) in [6.45, 7) is 6.04. The molecule has 5 aliphatic rings. The van der Waals surface area contributed by atoms with Gasteiger partial charge in [-0.25, -0.2) is 0 Å². The highest BCUT2D eigenvalue weighted by Gasteiger charge is 2.65. The number of aromatic nitrogens is 2. The third kappa shape index (κ3) is 5.75. The number of hydrogen-bond donors (Lipinski definition) is 2. The van der Waals surface area contributed by atoms with E-state index in [9.17, 15) is 13.5 Å². The standard InChI is InChI=1S/C43H50N4O4S/c1-30-16-18-32(19-17-30)52(49,50)51-37-15-12-14-33-34-20-23-44-39(40(34)45-38(33)37)35-28-43(48)22-9-5-2-3-6-10-24-46-26-21-36(35)42(29-46)27-31-13-8-4-7-11-25-47(31)41(42)43/h2,5,8,12-20,23,28,31,36,41,45,48H,3-4,6-7,9-11,21-22,24-27,29H2,1H3. The molecule has 6 atom stereocenters. The van der Waals surface area contributed by atoms with Gasteiger partial charge in [-0.3, -0.25) is 9.88 Å². The number of allylic oxidation sites excluding steroid dienone is 4. The van der Waals surface area contributed by atoms with Gasteiger partial charge in [0.1, 0.15) is 4.90 Å². The first-order chi connectivity index (χ1) is 25.3. The topological polar surface area (TPSA) is 98.8 Å². The Morgan fingerprint density at radius 3 is 2.56 bits per heavy atom. The first-order valence-corrected chi connectivity index (χ1v) is 20.8. The number of nitrogens with one attached hydrogen (secondary N) is 1. The summed E-state index contributed by atoms with van der Waals surface area (Å²) in [5.74, 6) is 0.474. The molecule has 1 spiro atoms. The van der Waals surface area contributed by atoms with Crippen LogP contribution in [0.25, 0.3) is 27.4 Å². The largest absolute Gasteiger partial charge is 0.384 e. The Bertz CT molecular complexity index is 2190. The third-order valence-electron chi connectivity index (χ3n) is 12.8. The van der Waals surface area contributed by atoms with Gasteiger partial charge in [0.15, 0.2) is 5.75 Å². The number of aliphatic hydroxyl groups is 1. The predicted octanol–water partition coefficient (Wildman–Crippen LogP) is 7.93. The van der Waals surface area contributed by atoms with Crippen LogP contribution in [0.15, 0.2) is 90.0 Å². The Morgan fingerprint density at radius 1 is 0.904 bits per heavy atom. The summed E-state index contributed by atoms with van der Waals surface area (Å²) < 4.78 is 32.7. The Hall–Kier alpha value is -3.76. The van der Waals surface area contributed by atoms with E-state index < -0.39 is 15.7 Å². The molecule has 8 nitrogen and oxygen atoms in total. The van der Waals surface area contributed by atoms with Crippen LogP contribution in [0.2, 0.25) is 0 Å². The maximum atomic E-state index is 13.5. The van der Waals surface area contributed by atoms with E-state index in [1.165, 1.54) is 19.3 Å². The summed E-state index contributed by atoms with van der Waals surface area (Å²) in [6.07, 6.45) is 24.0. The molecule has 9 rings (SSSR count). The van der Waals surface area contributed by atoms with Crippen molar-refractivity contribution in [2.75, 3.05) is 26.2 Å².